The number of benzene rings is 2. The van der Waals surface area contributed by atoms with Crippen LogP contribution in [0.15, 0.2) is 59.8 Å². The summed E-state index contributed by atoms with van der Waals surface area (Å²) in [7, 11) is 0. The van der Waals surface area contributed by atoms with Gasteiger partial charge in [-0.25, -0.2) is 0 Å². The molecule has 2 aromatic heterocycles. The summed E-state index contributed by atoms with van der Waals surface area (Å²) >= 11 is 2.74. The molecule has 4 rings (SSSR count). The van der Waals surface area contributed by atoms with Crippen LogP contribution in [0.1, 0.15) is 28.9 Å². The van der Waals surface area contributed by atoms with Crippen molar-refractivity contribution in [3.05, 3.63) is 76.6 Å². The average molecular weight is 451 g/mol. The Bertz CT molecular complexity index is 1150. The zero-order valence-electron chi connectivity index (χ0n) is 17.3. The minimum absolute atomic E-state index is 0.146. The highest BCUT2D eigenvalue weighted by molar-refractivity contribution is 7.99. The second kappa shape index (κ2) is 9.84. The number of hydrogen-bond donors (Lipinski definition) is 1. The molecular formula is C22H22N6OS2. The predicted molar refractivity (Wildman–Crippen MR) is 124 cm³/mol. The molecule has 0 spiro atoms. The zero-order chi connectivity index (χ0) is 21.6. The predicted octanol–water partition coefficient (Wildman–Crippen LogP) is 4.31. The molecule has 1 amide bonds. The van der Waals surface area contributed by atoms with Crippen molar-refractivity contribution >= 4 is 34.1 Å². The first-order valence-electron chi connectivity index (χ1n) is 9.92. The third-order valence-corrected chi connectivity index (χ3v) is 6.46. The van der Waals surface area contributed by atoms with E-state index in [0.717, 1.165) is 28.5 Å². The number of thioether (sulfide) groups is 1. The second-order valence-electron chi connectivity index (χ2n) is 6.92. The fraction of sp³-hybridized carbons (Fsp3) is 0.227. The van der Waals surface area contributed by atoms with Crippen molar-refractivity contribution in [2.75, 3.05) is 11.1 Å². The van der Waals surface area contributed by atoms with E-state index in [1.807, 2.05) is 41.8 Å². The number of anilines is 1. The molecule has 0 saturated carbocycles. The highest BCUT2D eigenvalue weighted by Gasteiger charge is 2.17. The van der Waals surface area contributed by atoms with Crippen molar-refractivity contribution < 1.29 is 4.79 Å². The molecule has 7 nitrogen and oxygen atoms in total. The number of amides is 1. The van der Waals surface area contributed by atoms with E-state index in [2.05, 4.69) is 56.9 Å². The molecule has 4 aromatic rings. The van der Waals surface area contributed by atoms with Crippen molar-refractivity contribution in [1.82, 2.24) is 25.0 Å². The summed E-state index contributed by atoms with van der Waals surface area (Å²) in [4.78, 5) is 12.4. The van der Waals surface area contributed by atoms with E-state index in [0.29, 0.717) is 16.7 Å². The van der Waals surface area contributed by atoms with Crippen LogP contribution >= 0.6 is 23.1 Å². The van der Waals surface area contributed by atoms with Gasteiger partial charge in [0.1, 0.15) is 10.8 Å². The number of hydrogen-bond acceptors (Lipinski definition) is 7. The Morgan fingerprint density at radius 3 is 2.52 bits per heavy atom. The van der Waals surface area contributed by atoms with Crippen LogP contribution < -0.4 is 5.32 Å². The van der Waals surface area contributed by atoms with Crippen molar-refractivity contribution in [2.24, 2.45) is 0 Å². The largest absolute Gasteiger partial charge is 0.300 e. The maximum atomic E-state index is 12.4. The molecule has 158 valence electrons. The van der Waals surface area contributed by atoms with Crippen molar-refractivity contribution in [3.63, 3.8) is 0 Å². The van der Waals surface area contributed by atoms with Crippen LogP contribution in [0, 0.1) is 6.92 Å². The second-order valence-corrected chi connectivity index (χ2v) is 8.93. The van der Waals surface area contributed by atoms with Crippen molar-refractivity contribution in [1.29, 1.82) is 0 Å². The van der Waals surface area contributed by atoms with Gasteiger partial charge in [-0.15, -0.1) is 20.4 Å². The van der Waals surface area contributed by atoms with Crippen LogP contribution in [0.4, 0.5) is 5.13 Å². The first kappa shape index (κ1) is 21.2. The van der Waals surface area contributed by atoms with Crippen molar-refractivity contribution in [3.8, 4) is 5.69 Å². The van der Waals surface area contributed by atoms with Crippen molar-refractivity contribution in [2.45, 2.75) is 31.8 Å². The van der Waals surface area contributed by atoms with E-state index >= 15 is 0 Å². The Hall–Kier alpha value is -3.04. The van der Waals surface area contributed by atoms with Crippen LogP contribution in [0.3, 0.4) is 0 Å². The van der Waals surface area contributed by atoms with Crippen LogP contribution in [-0.2, 0) is 17.6 Å². The molecule has 2 heterocycles. The van der Waals surface area contributed by atoms with Gasteiger partial charge in [0.25, 0.3) is 0 Å². The fourth-order valence-electron chi connectivity index (χ4n) is 2.97. The Morgan fingerprint density at radius 2 is 1.81 bits per heavy atom. The van der Waals surface area contributed by atoms with E-state index in [4.69, 9.17) is 0 Å². The van der Waals surface area contributed by atoms with Gasteiger partial charge >= 0.3 is 0 Å². The quantitative estimate of drug-likeness (QED) is 0.403. The number of rotatable bonds is 8. The first-order chi connectivity index (χ1) is 15.1. The molecule has 0 bridgehead atoms. The summed E-state index contributed by atoms with van der Waals surface area (Å²) in [5.74, 6) is 0.887. The van der Waals surface area contributed by atoms with Gasteiger partial charge in [0.05, 0.1) is 5.75 Å². The number of nitrogens with zero attached hydrogens (tertiary/aromatic N) is 5. The molecule has 0 saturated heterocycles. The van der Waals surface area contributed by atoms with Gasteiger partial charge in [-0.05, 0) is 31.0 Å². The van der Waals surface area contributed by atoms with Gasteiger partial charge in [0, 0.05) is 12.1 Å². The van der Waals surface area contributed by atoms with E-state index < -0.39 is 0 Å². The molecule has 0 aliphatic heterocycles. The van der Waals surface area contributed by atoms with E-state index in [-0.39, 0.29) is 11.7 Å². The highest BCUT2D eigenvalue weighted by atomic mass is 32.2. The maximum Gasteiger partial charge on any atom is 0.236 e. The Kier molecular flexibility index (Phi) is 6.73. The lowest BCUT2D eigenvalue weighted by Crippen LogP contribution is -2.14. The third kappa shape index (κ3) is 5.36. The van der Waals surface area contributed by atoms with Gasteiger partial charge in [-0.3, -0.25) is 14.7 Å². The summed E-state index contributed by atoms with van der Waals surface area (Å²) in [5, 5.41) is 21.7. The average Bonchev–Trinajstić information content (AvgIpc) is 3.40. The minimum atomic E-state index is -0.146. The molecule has 1 N–H and O–H groups in total. The normalized spacial score (nSPS) is 10.9. The molecule has 0 unspecified atom stereocenters. The van der Waals surface area contributed by atoms with Crippen LogP contribution in [0.2, 0.25) is 0 Å². The first-order valence-corrected chi connectivity index (χ1v) is 11.7. The number of carbonyl (C=O) groups excluding carboxylic acids is 1. The number of aryl methyl sites for hydroxylation is 2. The van der Waals surface area contributed by atoms with E-state index in [1.54, 1.807) is 0 Å². The maximum absolute atomic E-state index is 12.4. The summed E-state index contributed by atoms with van der Waals surface area (Å²) in [6.45, 7) is 4.06. The fourth-order valence-corrected chi connectivity index (χ4v) is 4.44. The monoisotopic (exact) mass is 450 g/mol. The summed E-state index contributed by atoms with van der Waals surface area (Å²) in [5.41, 5.74) is 3.31. The lowest BCUT2D eigenvalue weighted by atomic mass is 10.1. The van der Waals surface area contributed by atoms with Crippen LogP contribution in [0.5, 0.6) is 0 Å². The number of carbonyl (C=O) groups is 1. The molecule has 31 heavy (non-hydrogen) atoms. The van der Waals surface area contributed by atoms with E-state index in [1.165, 1.54) is 28.7 Å². The summed E-state index contributed by atoms with van der Waals surface area (Å²) in [6, 6.07) is 18.4. The molecule has 0 aliphatic rings. The molecule has 0 atom stereocenters. The molecule has 0 aliphatic carbocycles. The van der Waals surface area contributed by atoms with Gasteiger partial charge < -0.3 is 0 Å². The Morgan fingerprint density at radius 1 is 1.03 bits per heavy atom. The molecular weight excluding hydrogens is 428 g/mol. The minimum Gasteiger partial charge on any atom is -0.300 e. The number of aromatic nitrogens is 5. The third-order valence-electron chi connectivity index (χ3n) is 4.55. The smallest absolute Gasteiger partial charge is 0.236 e. The van der Waals surface area contributed by atoms with Gasteiger partial charge in [0.2, 0.25) is 11.0 Å². The summed E-state index contributed by atoms with van der Waals surface area (Å²) in [6.07, 6.45) is 1.45. The Labute approximate surface area is 189 Å². The van der Waals surface area contributed by atoms with Gasteiger partial charge in [0.15, 0.2) is 5.16 Å². The lowest BCUT2D eigenvalue weighted by Gasteiger charge is -2.11. The van der Waals surface area contributed by atoms with E-state index in [9.17, 15) is 4.79 Å². The van der Waals surface area contributed by atoms with Crippen LogP contribution in [-0.4, -0.2) is 36.6 Å². The summed E-state index contributed by atoms with van der Waals surface area (Å²) < 4.78 is 2.02. The number of nitrogens with one attached hydrogen (secondary N) is 1. The lowest BCUT2D eigenvalue weighted by molar-refractivity contribution is -0.113. The van der Waals surface area contributed by atoms with Gasteiger partial charge in [-0.1, -0.05) is 78.1 Å². The zero-order valence-corrected chi connectivity index (χ0v) is 18.9. The molecule has 2 aromatic carbocycles. The Balaban J connectivity index is 1.53. The SMILES string of the molecule is CCc1nnc(NC(=O)CSc2nnc(Cc3ccccc3)n2-c2ccc(C)cc2)s1. The van der Waals surface area contributed by atoms with Gasteiger partial charge in [-0.2, -0.15) is 0 Å². The van der Waals surface area contributed by atoms with Crippen LogP contribution in [0.25, 0.3) is 5.69 Å². The highest BCUT2D eigenvalue weighted by Crippen LogP contribution is 2.24. The molecule has 0 fully saturated rings. The standard InChI is InChI=1S/C22H22N6OS2/c1-3-20-25-26-21(31-20)23-19(29)14-30-22-27-24-18(13-16-7-5-4-6-8-16)28(22)17-11-9-15(2)10-12-17/h4-12H,3,13-14H2,1-2H3,(H,23,26,29). The molecule has 0 radical (unpaired) electrons. The topological polar surface area (TPSA) is 85.6 Å². The molecule has 9 heteroatoms.